The summed E-state index contributed by atoms with van der Waals surface area (Å²) in [5.74, 6) is 1.33. The highest BCUT2D eigenvalue weighted by Crippen LogP contribution is 2.10. The van der Waals surface area contributed by atoms with Crippen molar-refractivity contribution < 1.29 is 4.74 Å². The number of benzene rings is 2. The first-order valence-corrected chi connectivity index (χ1v) is 6.86. The first-order chi connectivity index (χ1) is 10.7. The monoisotopic (exact) mass is 293 g/mol. The first kappa shape index (κ1) is 14.0. The molecule has 5 heteroatoms. The van der Waals surface area contributed by atoms with Crippen molar-refractivity contribution in [3.05, 3.63) is 70.3 Å². The van der Waals surface area contributed by atoms with E-state index in [1.807, 2.05) is 42.5 Å². The molecule has 2 aromatic carbocycles. The fraction of sp³-hybridized carbons (Fsp3) is 0.118. The second kappa shape index (κ2) is 5.81. The Hall–Kier alpha value is -2.95. The maximum absolute atomic E-state index is 12.5. The van der Waals surface area contributed by atoms with E-state index in [-0.39, 0.29) is 5.56 Å². The zero-order valence-electron chi connectivity index (χ0n) is 12.4. The molecule has 3 rings (SSSR count). The summed E-state index contributed by atoms with van der Waals surface area (Å²) in [7, 11) is 1.62. The van der Waals surface area contributed by atoms with Gasteiger partial charge in [0.05, 0.1) is 24.2 Å². The number of hydrogen-bond donors (Lipinski definition) is 0. The summed E-state index contributed by atoms with van der Waals surface area (Å²) in [5.41, 5.74) is 1.38. The van der Waals surface area contributed by atoms with Gasteiger partial charge < -0.3 is 4.74 Å². The number of ether oxygens (including phenoxy) is 1. The van der Waals surface area contributed by atoms with Gasteiger partial charge in [-0.1, -0.05) is 12.1 Å². The van der Waals surface area contributed by atoms with Crippen LogP contribution in [0, 0.1) is 6.92 Å². The van der Waals surface area contributed by atoms with Gasteiger partial charge in [-0.2, -0.15) is 9.78 Å². The van der Waals surface area contributed by atoms with Crippen LogP contribution in [0.15, 0.2) is 58.4 Å². The van der Waals surface area contributed by atoms with Crippen molar-refractivity contribution in [2.45, 2.75) is 6.92 Å². The second-order valence-electron chi connectivity index (χ2n) is 4.81. The van der Waals surface area contributed by atoms with E-state index in [1.54, 1.807) is 26.3 Å². The van der Waals surface area contributed by atoms with E-state index in [0.717, 1.165) is 11.3 Å². The van der Waals surface area contributed by atoms with E-state index >= 15 is 0 Å². The number of hydrogen-bond acceptors (Lipinski definition) is 4. The number of aryl methyl sites for hydroxylation is 1. The number of nitrogens with zero attached hydrogens (tertiary/aromatic N) is 3. The van der Waals surface area contributed by atoms with E-state index in [1.165, 1.54) is 4.68 Å². The third-order valence-electron chi connectivity index (χ3n) is 3.35. The molecule has 3 aromatic rings. The number of rotatable bonds is 3. The van der Waals surface area contributed by atoms with Crippen LogP contribution in [0.25, 0.3) is 10.9 Å². The third-order valence-corrected chi connectivity index (χ3v) is 3.35. The molecule has 0 amide bonds. The number of para-hydroxylation sites is 1. The fourth-order valence-electron chi connectivity index (χ4n) is 2.19. The fourth-order valence-corrected chi connectivity index (χ4v) is 2.19. The van der Waals surface area contributed by atoms with Crippen molar-refractivity contribution in [3.8, 4) is 5.75 Å². The molecule has 0 atom stereocenters. The summed E-state index contributed by atoms with van der Waals surface area (Å²) in [4.78, 5) is 16.9. The van der Waals surface area contributed by atoms with Gasteiger partial charge in [0.2, 0.25) is 0 Å². The average Bonchev–Trinajstić information content (AvgIpc) is 2.55. The predicted octanol–water partition coefficient (Wildman–Crippen LogP) is 2.60. The van der Waals surface area contributed by atoms with E-state index in [0.29, 0.717) is 16.7 Å². The summed E-state index contributed by atoms with van der Waals surface area (Å²) in [5, 5.41) is 4.81. The molecule has 110 valence electrons. The third kappa shape index (κ3) is 2.61. The van der Waals surface area contributed by atoms with Crippen LogP contribution >= 0.6 is 0 Å². The van der Waals surface area contributed by atoms with Crippen molar-refractivity contribution in [1.82, 2.24) is 9.66 Å². The van der Waals surface area contributed by atoms with Crippen molar-refractivity contribution in [2.24, 2.45) is 5.10 Å². The first-order valence-electron chi connectivity index (χ1n) is 6.86. The van der Waals surface area contributed by atoms with Gasteiger partial charge in [0.15, 0.2) is 0 Å². The molecular formula is C17H15N3O2. The van der Waals surface area contributed by atoms with Crippen LogP contribution in [-0.4, -0.2) is 23.0 Å². The van der Waals surface area contributed by atoms with E-state index in [4.69, 9.17) is 4.74 Å². The maximum Gasteiger partial charge on any atom is 0.282 e. The Bertz CT molecular complexity index is 896. The molecule has 0 saturated carbocycles. The van der Waals surface area contributed by atoms with E-state index in [2.05, 4.69) is 10.1 Å². The summed E-state index contributed by atoms with van der Waals surface area (Å²) in [6.45, 7) is 1.76. The van der Waals surface area contributed by atoms with E-state index < -0.39 is 0 Å². The molecule has 0 aliphatic rings. The SMILES string of the molecule is COc1ccc(/C=N/n2c(C)nc3ccccc3c2=O)cc1. The molecule has 0 bridgehead atoms. The van der Waals surface area contributed by atoms with Crippen molar-refractivity contribution >= 4 is 17.1 Å². The minimum absolute atomic E-state index is 0.173. The van der Waals surface area contributed by atoms with Crippen LogP contribution in [-0.2, 0) is 0 Å². The minimum atomic E-state index is -0.173. The normalized spacial score (nSPS) is 11.2. The summed E-state index contributed by atoms with van der Waals surface area (Å²) >= 11 is 0. The van der Waals surface area contributed by atoms with Gasteiger partial charge in [-0.25, -0.2) is 4.98 Å². The Morgan fingerprint density at radius 2 is 1.86 bits per heavy atom. The highest BCUT2D eigenvalue weighted by molar-refractivity contribution is 5.80. The Kier molecular flexibility index (Phi) is 3.70. The lowest BCUT2D eigenvalue weighted by molar-refractivity contribution is 0.415. The summed E-state index contributed by atoms with van der Waals surface area (Å²) in [6.07, 6.45) is 1.63. The van der Waals surface area contributed by atoms with Crippen LogP contribution in [0.3, 0.4) is 0 Å². The van der Waals surface area contributed by atoms with Crippen LogP contribution in [0.2, 0.25) is 0 Å². The average molecular weight is 293 g/mol. The van der Waals surface area contributed by atoms with Crippen LogP contribution in [0.5, 0.6) is 5.75 Å². The molecule has 1 heterocycles. The molecule has 0 radical (unpaired) electrons. The largest absolute Gasteiger partial charge is 0.497 e. The standard InChI is InChI=1S/C17H15N3O2/c1-12-19-16-6-4-3-5-15(16)17(21)20(12)18-11-13-7-9-14(22-2)10-8-13/h3-11H,1-2H3/b18-11+. The van der Waals surface area contributed by atoms with Crippen molar-refractivity contribution in [3.63, 3.8) is 0 Å². The Balaban J connectivity index is 2.02. The van der Waals surface area contributed by atoms with Crippen LogP contribution in [0.1, 0.15) is 11.4 Å². The van der Waals surface area contributed by atoms with E-state index in [9.17, 15) is 4.79 Å². The molecule has 0 fully saturated rings. The molecule has 22 heavy (non-hydrogen) atoms. The lowest BCUT2D eigenvalue weighted by Gasteiger charge is -2.05. The van der Waals surface area contributed by atoms with Gasteiger partial charge in [-0.15, -0.1) is 0 Å². The molecule has 0 N–H and O–H groups in total. The van der Waals surface area contributed by atoms with Gasteiger partial charge in [-0.05, 0) is 48.9 Å². The highest BCUT2D eigenvalue weighted by atomic mass is 16.5. The van der Waals surface area contributed by atoms with Gasteiger partial charge in [0, 0.05) is 0 Å². The Morgan fingerprint density at radius 1 is 1.14 bits per heavy atom. The quantitative estimate of drug-likeness (QED) is 0.697. The van der Waals surface area contributed by atoms with Gasteiger partial charge in [0.1, 0.15) is 11.6 Å². The number of aromatic nitrogens is 2. The smallest absolute Gasteiger partial charge is 0.282 e. The van der Waals surface area contributed by atoms with Gasteiger partial charge in [0.25, 0.3) is 5.56 Å². The topological polar surface area (TPSA) is 56.5 Å². The molecule has 0 saturated heterocycles. The highest BCUT2D eigenvalue weighted by Gasteiger charge is 2.06. The Morgan fingerprint density at radius 3 is 2.59 bits per heavy atom. The van der Waals surface area contributed by atoms with Gasteiger partial charge in [-0.3, -0.25) is 4.79 Å². The second-order valence-corrected chi connectivity index (χ2v) is 4.81. The molecule has 0 aliphatic carbocycles. The van der Waals surface area contributed by atoms with Crippen molar-refractivity contribution in [2.75, 3.05) is 7.11 Å². The van der Waals surface area contributed by atoms with Gasteiger partial charge >= 0.3 is 0 Å². The molecule has 0 unspecified atom stereocenters. The molecule has 0 aliphatic heterocycles. The Labute approximate surface area is 127 Å². The lowest BCUT2D eigenvalue weighted by atomic mass is 10.2. The summed E-state index contributed by atoms with van der Waals surface area (Å²) in [6, 6.07) is 14.7. The maximum atomic E-state index is 12.5. The zero-order chi connectivity index (χ0) is 15.5. The number of methoxy groups -OCH3 is 1. The summed E-state index contributed by atoms with van der Waals surface area (Å²) < 4.78 is 6.42. The van der Waals surface area contributed by atoms with Crippen molar-refractivity contribution in [1.29, 1.82) is 0 Å². The van der Waals surface area contributed by atoms with Crippen LogP contribution < -0.4 is 10.3 Å². The molecular weight excluding hydrogens is 278 g/mol. The minimum Gasteiger partial charge on any atom is -0.497 e. The lowest BCUT2D eigenvalue weighted by Crippen LogP contribution is -2.20. The number of fused-ring (bicyclic) bond motifs is 1. The molecule has 5 nitrogen and oxygen atoms in total. The molecule has 1 aromatic heterocycles. The predicted molar refractivity (Wildman–Crippen MR) is 86.7 cm³/mol. The zero-order valence-corrected chi connectivity index (χ0v) is 12.4. The molecule has 0 spiro atoms. The van der Waals surface area contributed by atoms with Crippen LogP contribution in [0.4, 0.5) is 0 Å².